The van der Waals surface area contributed by atoms with Crippen LogP contribution in [0.1, 0.15) is 56.2 Å². The Morgan fingerprint density at radius 2 is 1.94 bits per heavy atom. The molecule has 2 fully saturated rings. The van der Waals surface area contributed by atoms with E-state index in [9.17, 15) is 9.59 Å². The molecule has 0 bridgehead atoms. The summed E-state index contributed by atoms with van der Waals surface area (Å²) in [4.78, 5) is 33.6. The van der Waals surface area contributed by atoms with E-state index in [4.69, 9.17) is 0 Å². The number of anilines is 1. The van der Waals surface area contributed by atoms with Crippen LogP contribution in [0.2, 0.25) is 0 Å². The Balaban J connectivity index is 1.24. The molecule has 186 valence electrons. The van der Waals surface area contributed by atoms with Gasteiger partial charge in [-0.05, 0) is 61.8 Å². The molecule has 1 aliphatic carbocycles. The number of H-pyrrole nitrogens is 1. The summed E-state index contributed by atoms with van der Waals surface area (Å²) in [6.45, 7) is 5.32. The Labute approximate surface area is 206 Å². The van der Waals surface area contributed by atoms with Gasteiger partial charge in [0.25, 0.3) is 5.56 Å². The molecule has 1 amide bonds. The van der Waals surface area contributed by atoms with E-state index in [-0.39, 0.29) is 18.0 Å². The van der Waals surface area contributed by atoms with Crippen molar-refractivity contribution in [2.24, 2.45) is 0 Å². The molecule has 1 saturated carbocycles. The topological polar surface area (TPSA) is 91.8 Å². The van der Waals surface area contributed by atoms with E-state index in [1.54, 1.807) is 6.20 Å². The summed E-state index contributed by atoms with van der Waals surface area (Å²) in [6, 6.07) is 8.76. The maximum Gasteiger partial charge on any atom is 0.294 e. The van der Waals surface area contributed by atoms with Crippen molar-refractivity contribution in [2.75, 3.05) is 25.1 Å². The van der Waals surface area contributed by atoms with Gasteiger partial charge in [0.2, 0.25) is 5.91 Å². The van der Waals surface area contributed by atoms with Gasteiger partial charge >= 0.3 is 0 Å². The monoisotopic (exact) mass is 477 g/mol. The average Bonchev–Trinajstić information content (AvgIpc) is 3.55. The highest BCUT2D eigenvalue weighted by Gasteiger charge is 2.40. The normalized spacial score (nSPS) is 18.1. The molecule has 3 N–H and O–H groups in total. The van der Waals surface area contributed by atoms with Crippen LogP contribution >= 0.6 is 0 Å². The van der Waals surface area contributed by atoms with Crippen molar-refractivity contribution in [2.45, 2.75) is 71.0 Å². The maximum atomic E-state index is 13.2. The van der Waals surface area contributed by atoms with Crippen molar-refractivity contribution in [1.82, 2.24) is 19.9 Å². The second-order valence-corrected chi connectivity index (χ2v) is 10.3. The summed E-state index contributed by atoms with van der Waals surface area (Å²) in [5.74, 6) is 0.160. The first kappa shape index (κ1) is 23.6. The smallest absolute Gasteiger partial charge is 0.294 e. The molecule has 5 rings (SSSR count). The number of nitrogens with zero attached hydrogens (tertiary/aromatic N) is 3. The number of hydrogen-bond donors (Lipinski definition) is 3. The number of amides is 1. The highest BCUT2D eigenvalue weighted by molar-refractivity contribution is 5.80. The fourth-order valence-electron chi connectivity index (χ4n) is 5.98. The number of carbonyl (C=O) groups is 1. The number of benzene rings is 1. The quantitative estimate of drug-likeness (QED) is 0.432. The first-order valence-electron chi connectivity index (χ1n) is 13.0. The molecule has 0 unspecified atom stereocenters. The lowest BCUT2D eigenvalue weighted by atomic mass is 9.93. The minimum Gasteiger partial charge on any atom is -0.361 e. The number of rotatable bonds is 8. The van der Waals surface area contributed by atoms with E-state index < -0.39 is 0 Å². The van der Waals surface area contributed by atoms with Crippen molar-refractivity contribution in [1.29, 1.82) is 0 Å². The minimum absolute atomic E-state index is 0.0170. The Morgan fingerprint density at radius 3 is 2.74 bits per heavy atom. The molecule has 2 aliphatic rings. The average molecular weight is 478 g/mol. The Kier molecular flexibility index (Phi) is 6.90. The summed E-state index contributed by atoms with van der Waals surface area (Å²) >= 11 is 0. The van der Waals surface area contributed by atoms with Gasteiger partial charge in [0.15, 0.2) is 12.5 Å². The van der Waals surface area contributed by atoms with Gasteiger partial charge in [-0.2, -0.15) is 0 Å². The third-order valence-electron chi connectivity index (χ3n) is 8.03. The molecule has 8 heteroatoms. The van der Waals surface area contributed by atoms with E-state index in [1.807, 2.05) is 31.3 Å². The van der Waals surface area contributed by atoms with Crippen molar-refractivity contribution in [3.05, 3.63) is 58.3 Å². The second-order valence-electron chi connectivity index (χ2n) is 10.3. The number of aromatic nitrogens is 3. The van der Waals surface area contributed by atoms with Crippen LogP contribution in [0, 0.1) is 6.92 Å². The molecule has 35 heavy (non-hydrogen) atoms. The van der Waals surface area contributed by atoms with Crippen LogP contribution in [0.15, 0.2) is 41.5 Å². The third-order valence-corrected chi connectivity index (χ3v) is 8.03. The molecule has 0 spiro atoms. The molecule has 1 aliphatic heterocycles. The largest absolute Gasteiger partial charge is 0.361 e. The van der Waals surface area contributed by atoms with Crippen molar-refractivity contribution in [3.8, 4) is 0 Å². The van der Waals surface area contributed by atoms with Crippen LogP contribution in [-0.4, -0.2) is 50.7 Å². The van der Waals surface area contributed by atoms with E-state index >= 15 is 0 Å². The van der Waals surface area contributed by atoms with E-state index in [0.29, 0.717) is 24.1 Å². The molecule has 3 heterocycles. The SMILES string of the molecule is Cc1cnc(NC[N+]2(C3CCCCC3)CCCC2)c(=O)n1CC(=O)NCc1ccc2[nH]ccc2c1. The van der Waals surface area contributed by atoms with Gasteiger partial charge in [0, 0.05) is 43.0 Å². The van der Waals surface area contributed by atoms with Crippen molar-refractivity contribution in [3.63, 3.8) is 0 Å². The molecule has 0 radical (unpaired) electrons. The Hall–Kier alpha value is -3.13. The first-order valence-corrected chi connectivity index (χ1v) is 13.0. The summed E-state index contributed by atoms with van der Waals surface area (Å²) in [5.41, 5.74) is 2.55. The summed E-state index contributed by atoms with van der Waals surface area (Å²) in [7, 11) is 0. The third kappa shape index (κ3) is 5.12. The summed E-state index contributed by atoms with van der Waals surface area (Å²) in [6.07, 6.45) is 12.6. The van der Waals surface area contributed by atoms with Crippen LogP contribution in [0.5, 0.6) is 0 Å². The lowest BCUT2D eigenvalue weighted by Crippen LogP contribution is -2.56. The van der Waals surface area contributed by atoms with Gasteiger partial charge in [-0.1, -0.05) is 12.5 Å². The molecule has 8 nitrogen and oxygen atoms in total. The van der Waals surface area contributed by atoms with Gasteiger partial charge in [-0.25, -0.2) is 4.98 Å². The first-order chi connectivity index (χ1) is 17.0. The highest BCUT2D eigenvalue weighted by Crippen LogP contribution is 2.32. The fraction of sp³-hybridized carbons (Fsp3) is 0.519. The fourth-order valence-corrected chi connectivity index (χ4v) is 5.98. The van der Waals surface area contributed by atoms with E-state index in [0.717, 1.165) is 27.6 Å². The maximum absolute atomic E-state index is 13.2. The predicted molar refractivity (Wildman–Crippen MR) is 138 cm³/mol. The molecule has 3 aromatic rings. The summed E-state index contributed by atoms with van der Waals surface area (Å²) < 4.78 is 2.58. The molecule has 1 saturated heterocycles. The van der Waals surface area contributed by atoms with E-state index in [1.165, 1.54) is 62.6 Å². The predicted octanol–water partition coefficient (Wildman–Crippen LogP) is 3.66. The highest BCUT2D eigenvalue weighted by atomic mass is 16.2. The Bertz CT molecular complexity index is 1230. The molecular formula is C27H37N6O2+. The number of quaternary nitrogens is 1. The number of aryl methyl sites for hydroxylation is 1. The van der Waals surface area contributed by atoms with Crippen LogP contribution in [0.25, 0.3) is 10.9 Å². The minimum atomic E-state index is -0.227. The summed E-state index contributed by atoms with van der Waals surface area (Å²) in [5, 5.41) is 7.46. The zero-order valence-corrected chi connectivity index (χ0v) is 20.7. The van der Waals surface area contributed by atoms with Crippen LogP contribution < -0.4 is 16.2 Å². The number of hydrogen-bond acceptors (Lipinski definition) is 4. The number of aromatic amines is 1. The number of nitrogens with one attached hydrogen (secondary N) is 3. The van der Waals surface area contributed by atoms with Crippen LogP contribution in [-0.2, 0) is 17.9 Å². The van der Waals surface area contributed by atoms with Gasteiger partial charge in [-0.3, -0.25) is 14.2 Å². The lowest BCUT2D eigenvalue weighted by Gasteiger charge is -2.43. The van der Waals surface area contributed by atoms with Gasteiger partial charge in [-0.15, -0.1) is 0 Å². The zero-order valence-electron chi connectivity index (χ0n) is 20.7. The molecular weight excluding hydrogens is 440 g/mol. The molecule has 1 aromatic carbocycles. The lowest BCUT2D eigenvalue weighted by molar-refractivity contribution is -0.938. The number of carbonyl (C=O) groups excluding carboxylic acids is 1. The van der Waals surface area contributed by atoms with Gasteiger partial charge in [0.1, 0.15) is 6.54 Å². The number of likely N-dealkylation sites (tertiary alicyclic amines) is 1. The zero-order chi connectivity index (χ0) is 24.3. The van der Waals surface area contributed by atoms with Crippen LogP contribution in [0.4, 0.5) is 5.82 Å². The second kappa shape index (κ2) is 10.2. The number of fused-ring (bicyclic) bond motifs is 1. The van der Waals surface area contributed by atoms with Crippen LogP contribution in [0.3, 0.4) is 0 Å². The molecule has 0 atom stereocenters. The van der Waals surface area contributed by atoms with Crippen molar-refractivity contribution < 1.29 is 9.28 Å². The van der Waals surface area contributed by atoms with Gasteiger partial charge in [0.05, 0.1) is 19.1 Å². The standard InChI is InChI=1S/C27H36N6O2/c1-20-16-30-26(31-19-33(13-5-6-14-33)23-7-3-2-4-8-23)27(35)32(20)18-25(34)29-17-21-9-10-24-22(15-21)11-12-28-24/h9-12,15-16,23,28H,2-8,13-14,17-19H2,1H3,(H-,29,30,31,34)/p+1. The van der Waals surface area contributed by atoms with Crippen molar-refractivity contribution >= 4 is 22.6 Å². The van der Waals surface area contributed by atoms with Gasteiger partial charge < -0.3 is 20.1 Å². The van der Waals surface area contributed by atoms with E-state index in [2.05, 4.69) is 26.7 Å². The Morgan fingerprint density at radius 1 is 1.14 bits per heavy atom. The molecule has 2 aromatic heterocycles.